The zero-order chi connectivity index (χ0) is 12.8. The minimum atomic E-state index is -4.01. The van der Waals surface area contributed by atoms with E-state index in [1.807, 2.05) is 0 Å². The van der Waals surface area contributed by atoms with Crippen molar-refractivity contribution in [1.29, 1.82) is 0 Å². The first-order valence-electron chi connectivity index (χ1n) is 4.68. The average molecular weight is 294 g/mol. The van der Waals surface area contributed by atoms with E-state index in [0.29, 0.717) is 12.8 Å². The molecule has 2 atom stereocenters. The van der Waals surface area contributed by atoms with E-state index in [4.69, 9.17) is 9.79 Å². The fourth-order valence-electron chi connectivity index (χ4n) is 0.843. The lowest BCUT2D eigenvalue weighted by atomic mass is 10.6. The van der Waals surface area contributed by atoms with Gasteiger partial charge in [-0.2, -0.15) is 12.1 Å². The van der Waals surface area contributed by atoms with Crippen molar-refractivity contribution in [3.63, 3.8) is 0 Å². The van der Waals surface area contributed by atoms with Gasteiger partial charge in [-0.3, -0.25) is 9.13 Å². The third-order valence-corrected chi connectivity index (χ3v) is 6.23. The van der Waals surface area contributed by atoms with Crippen LogP contribution in [-0.4, -0.2) is 26.3 Å². The lowest BCUT2D eigenvalue weighted by Crippen LogP contribution is -2.03. The van der Waals surface area contributed by atoms with Crippen molar-refractivity contribution in [1.82, 2.24) is 0 Å². The molecule has 2 N–H and O–H groups in total. The van der Waals surface area contributed by atoms with Gasteiger partial charge in [0.25, 0.3) is 0 Å². The number of hydrogen-bond acceptors (Lipinski definition) is 5. The smallest absolute Gasteiger partial charge is 0.324 e. The third kappa shape index (κ3) is 7.68. The lowest BCUT2D eigenvalue weighted by Gasteiger charge is -2.12. The summed E-state index contributed by atoms with van der Waals surface area (Å²) in [6, 6.07) is 0. The molecular weight excluding hydrogens is 278 g/mol. The van der Waals surface area contributed by atoms with Gasteiger partial charge < -0.3 is 9.79 Å². The molecule has 16 heavy (non-hydrogen) atoms. The number of hydrogen-bond donors (Lipinski definition) is 2. The minimum Gasteiger partial charge on any atom is -0.324 e. The largest absolute Gasteiger partial charge is 0.342 e. The average Bonchev–Trinajstić information content (AvgIpc) is 1.99. The fraction of sp³-hybridized carbons (Fsp3) is 1.00. The highest BCUT2D eigenvalue weighted by Gasteiger charge is 2.28. The predicted molar refractivity (Wildman–Crippen MR) is 60.3 cm³/mol. The van der Waals surface area contributed by atoms with Crippen LogP contribution in [0.25, 0.3) is 0 Å². The molecule has 2 unspecified atom stereocenters. The summed E-state index contributed by atoms with van der Waals surface area (Å²) >= 11 is -2.69. The zero-order valence-corrected chi connectivity index (χ0v) is 11.7. The van der Waals surface area contributed by atoms with Crippen molar-refractivity contribution in [2.75, 3.05) is 12.3 Å². The van der Waals surface area contributed by atoms with E-state index in [1.54, 1.807) is 13.8 Å². The van der Waals surface area contributed by atoms with E-state index in [-0.39, 0.29) is 12.3 Å². The fourth-order valence-corrected chi connectivity index (χ4v) is 4.45. The monoisotopic (exact) mass is 294 g/mol. The lowest BCUT2D eigenvalue weighted by molar-refractivity contribution is 0.348. The van der Waals surface area contributed by atoms with E-state index in [0.717, 1.165) is 0 Å². The van der Waals surface area contributed by atoms with Crippen molar-refractivity contribution >= 4 is 26.6 Å². The molecule has 0 heterocycles. The van der Waals surface area contributed by atoms with Crippen LogP contribution in [0.5, 0.6) is 0 Å². The van der Waals surface area contributed by atoms with Crippen LogP contribution in [0, 0.1) is 0 Å². The first-order valence-corrected chi connectivity index (χ1v) is 9.20. The molecular formula is C6H16O7P2S. The maximum absolute atomic E-state index is 11.2. The van der Waals surface area contributed by atoms with Crippen LogP contribution < -0.4 is 0 Å². The summed E-state index contributed by atoms with van der Waals surface area (Å²) in [7, 11) is -8.02. The Morgan fingerprint density at radius 2 is 1.31 bits per heavy atom. The van der Waals surface area contributed by atoms with Gasteiger partial charge in [-0.25, -0.2) is 0 Å². The van der Waals surface area contributed by atoms with Crippen molar-refractivity contribution in [2.45, 2.75) is 26.7 Å². The van der Waals surface area contributed by atoms with Gasteiger partial charge in [-0.15, -0.1) is 0 Å². The van der Waals surface area contributed by atoms with Crippen molar-refractivity contribution in [3.8, 4) is 0 Å². The Morgan fingerprint density at radius 1 is 1.00 bits per heavy atom. The molecule has 10 heteroatoms. The molecule has 0 amide bonds. The number of rotatable bonds is 8. The summed E-state index contributed by atoms with van der Waals surface area (Å²) < 4.78 is 41.7. The van der Waals surface area contributed by atoms with Gasteiger partial charge in [0, 0.05) is 0 Å². The summed E-state index contributed by atoms with van der Waals surface area (Å²) in [6.07, 6.45) is 0.338. The Hall–Kier alpha value is 0.450. The molecule has 98 valence electrons. The molecule has 7 nitrogen and oxygen atoms in total. The highest BCUT2D eigenvalue weighted by atomic mass is 32.2. The SMILES string of the molecule is CCCP(=O)(O)OS(=O)OP(=O)(O)CCC. The van der Waals surface area contributed by atoms with E-state index in [2.05, 4.69) is 7.94 Å². The Balaban J connectivity index is 4.29. The van der Waals surface area contributed by atoms with Crippen LogP contribution in [0.3, 0.4) is 0 Å². The van der Waals surface area contributed by atoms with Gasteiger partial charge in [0.05, 0.1) is 12.3 Å². The second-order valence-electron chi connectivity index (χ2n) is 3.08. The molecule has 0 aliphatic rings. The molecule has 0 bridgehead atoms. The predicted octanol–water partition coefficient (Wildman–Crippen LogP) is 1.79. The van der Waals surface area contributed by atoms with Crippen LogP contribution in [0.4, 0.5) is 0 Å². The van der Waals surface area contributed by atoms with E-state index in [1.165, 1.54) is 0 Å². The third-order valence-electron chi connectivity index (χ3n) is 1.37. The summed E-state index contributed by atoms with van der Waals surface area (Å²) in [5.74, 6) is 0. The molecule has 0 spiro atoms. The zero-order valence-electron chi connectivity index (χ0n) is 9.07. The van der Waals surface area contributed by atoms with Crippen LogP contribution in [0.1, 0.15) is 26.7 Å². The van der Waals surface area contributed by atoms with Crippen LogP contribution in [0.2, 0.25) is 0 Å². The molecule has 0 aromatic carbocycles. The minimum absolute atomic E-state index is 0.189. The van der Waals surface area contributed by atoms with Crippen LogP contribution >= 0.6 is 15.2 Å². The molecule has 0 aliphatic carbocycles. The summed E-state index contributed by atoms with van der Waals surface area (Å²) in [5, 5.41) is 0. The quantitative estimate of drug-likeness (QED) is 0.656. The molecule has 0 aromatic rings. The Labute approximate surface area is 97.1 Å². The molecule has 0 aromatic heterocycles. The Bertz CT molecular complexity index is 301. The first kappa shape index (κ1) is 16.4. The van der Waals surface area contributed by atoms with Crippen LogP contribution in [0.15, 0.2) is 0 Å². The van der Waals surface area contributed by atoms with Gasteiger partial charge in [0.2, 0.25) is 0 Å². The van der Waals surface area contributed by atoms with Gasteiger partial charge in [-0.1, -0.05) is 13.8 Å². The van der Waals surface area contributed by atoms with Crippen LogP contribution in [-0.2, 0) is 28.4 Å². The van der Waals surface area contributed by atoms with Gasteiger partial charge in [-0.05, 0) is 12.8 Å². The van der Waals surface area contributed by atoms with Crippen molar-refractivity contribution < 1.29 is 31.1 Å². The summed E-state index contributed by atoms with van der Waals surface area (Å²) in [5.41, 5.74) is 0. The molecule has 0 saturated carbocycles. The summed E-state index contributed by atoms with van der Waals surface area (Å²) in [4.78, 5) is 18.2. The molecule has 0 rings (SSSR count). The van der Waals surface area contributed by atoms with Crippen molar-refractivity contribution in [2.24, 2.45) is 0 Å². The summed E-state index contributed by atoms with van der Waals surface area (Å²) in [6.45, 7) is 3.29. The second-order valence-corrected chi connectivity index (χ2v) is 8.12. The van der Waals surface area contributed by atoms with Crippen molar-refractivity contribution in [3.05, 3.63) is 0 Å². The van der Waals surface area contributed by atoms with Gasteiger partial charge in [0.15, 0.2) is 0 Å². The molecule has 0 fully saturated rings. The maximum atomic E-state index is 11.2. The molecule has 0 aliphatic heterocycles. The van der Waals surface area contributed by atoms with Gasteiger partial charge >= 0.3 is 26.6 Å². The Morgan fingerprint density at radius 3 is 1.56 bits per heavy atom. The maximum Gasteiger partial charge on any atom is 0.342 e. The molecule has 0 radical (unpaired) electrons. The first-order chi connectivity index (χ1) is 7.22. The second kappa shape index (κ2) is 7.01. The highest BCUT2D eigenvalue weighted by molar-refractivity contribution is 7.85. The van der Waals surface area contributed by atoms with E-state index >= 15 is 0 Å². The molecule has 0 saturated heterocycles. The Kier molecular flexibility index (Phi) is 7.21. The topological polar surface area (TPSA) is 110 Å². The van der Waals surface area contributed by atoms with Gasteiger partial charge in [0.1, 0.15) is 0 Å². The van der Waals surface area contributed by atoms with E-state index < -0.39 is 26.6 Å². The highest BCUT2D eigenvalue weighted by Crippen LogP contribution is 2.48. The standard InChI is InChI=1S/C6H16O7P2S/c1-3-5-14(7,8)12-16(11)13-15(9,10)6-4-2/h3-6H2,1-2H3,(H,7,8)(H,9,10). The van der Waals surface area contributed by atoms with E-state index in [9.17, 15) is 13.3 Å². The normalized spacial score (nSPS) is 21.0.